The van der Waals surface area contributed by atoms with Crippen molar-refractivity contribution in [1.29, 1.82) is 0 Å². The third kappa shape index (κ3) is 5.93. The summed E-state index contributed by atoms with van der Waals surface area (Å²) in [6.07, 6.45) is 4.26. The van der Waals surface area contributed by atoms with Crippen LogP contribution in [0.1, 0.15) is 48.0 Å². The van der Waals surface area contributed by atoms with Gasteiger partial charge in [-0.2, -0.15) is 4.31 Å². The molecule has 0 saturated carbocycles. The average molecular weight is 494 g/mol. The molecule has 4 rings (SSSR count). The number of carbonyl (C=O) groups excluding carboxylic acids is 1. The summed E-state index contributed by atoms with van der Waals surface area (Å²) in [7, 11) is -3.73. The molecule has 0 spiro atoms. The monoisotopic (exact) mass is 493 g/mol. The predicted octanol–water partition coefficient (Wildman–Crippen LogP) is 4.05. The summed E-state index contributed by atoms with van der Waals surface area (Å²) >= 11 is 6.22. The first kappa shape index (κ1) is 24.1. The highest BCUT2D eigenvalue weighted by Gasteiger charge is 2.29. The molecular weight excluding hydrogens is 465 g/mol. The van der Waals surface area contributed by atoms with Gasteiger partial charge in [0.15, 0.2) is 0 Å². The molecular formula is C24H29ClFN3O3S. The van der Waals surface area contributed by atoms with E-state index in [-0.39, 0.29) is 27.7 Å². The SMILES string of the molecule is O=C(NC1CCN(Cc2ccc(F)cc2)CC1)c1ccc(Cl)c(S(=O)(=O)N2CCCCC2)c1. The number of nitrogens with zero attached hydrogens (tertiary/aromatic N) is 2. The van der Waals surface area contributed by atoms with E-state index in [0.717, 1.165) is 57.3 Å². The standard InChI is InChI=1S/C24H29ClFN3O3S/c25-22-9-6-19(16-23(22)33(31,32)29-12-2-1-3-13-29)24(30)27-21-10-14-28(15-11-21)17-18-4-7-20(26)8-5-18/h4-9,16,21H,1-3,10-15,17H2,(H,27,30). The van der Waals surface area contributed by atoms with Crippen LogP contribution in [0.4, 0.5) is 4.39 Å². The van der Waals surface area contributed by atoms with E-state index in [2.05, 4.69) is 10.2 Å². The Kier molecular flexibility index (Phi) is 7.69. The van der Waals surface area contributed by atoms with E-state index in [1.54, 1.807) is 18.2 Å². The van der Waals surface area contributed by atoms with E-state index in [0.29, 0.717) is 18.7 Å². The van der Waals surface area contributed by atoms with Crippen molar-refractivity contribution in [3.05, 3.63) is 64.4 Å². The number of benzene rings is 2. The van der Waals surface area contributed by atoms with Crippen LogP contribution >= 0.6 is 11.6 Å². The molecule has 0 aromatic heterocycles. The van der Waals surface area contributed by atoms with Crippen molar-refractivity contribution in [3.63, 3.8) is 0 Å². The van der Waals surface area contributed by atoms with E-state index in [4.69, 9.17) is 11.6 Å². The van der Waals surface area contributed by atoms with Crippen molar-refractivity contribution in [2.45, 2.75) is 49.6 Å². The van der Waals surface area contributed by atoms with Gasteiger partial charge in [-0.05, 0) is 61.6 Å². The number of piperidine rings is 2. The Hall–Kier alpha value is -2.00. The maximum atomic E-state index is 13.1. The number of hydrogen-bond donors (Lipinski definition) is 1. The largest absolute Gasteiger partial charge is 0.349 e. The number of nitrogens with one attached hydrogen (secondary N) is 1. The first-order valence-electron chi connectivity index (χ1n) is 11.4. The summed E-state index contributed by atoms with van der Waals surface area (Å²) in [5, 5.41) is 3.17. The summed E-state index contributed by atoms with van der Waals surface area (Å²) in [6.45, 7) is 3.34. The lowest BCUT2D eigenvalue weighted by Crippen LogP contribution is -2.44. The molecule has 2 saturated heterocycles. The van der Waals surface area contributed by atoms with Crippen molar-refractivity contribution in [1.82, 2.24) is 14.5 Å². The van der Waals surface area contributed by atoms with Crippen molar-refractivity contribution in [3.8, 4) is 0 Å². The molecule has 33 heavy (non-hydrogen) atoms. The molecule has 2 fully saturated rings. The fraction of sp³-hybridized carbons (Fsp3) is 0.458. The molecule has 178 valence electrons. The minimum atomic E-state index is -3.73. The summed E-state index contributed by atoms with van der Waals surface area (Å²) < 4.78 is 40.7. The quantitative estimate of drug-likeness (QED) is 0.659. The number of rotatable bonds is 6. The Labute approximate surface area is 199 Å². The fourth-order valence-corrected chi connectivity index (χ4v) is 6.46. The van der Waals surface area contributed by atoms with Gasteiger partial charge < -0.3 is 5.32 Å². The Morgan fingerprint density at radius 1 is 1.00 bits per heavy atom. The number of likely N-dealkylation sites (tertiary alicyclic amines) is 1. The van der Waals surface area contributed by atoms with Gasteiger partial charge >= 0.3 is 0 Å². The van der Waals surface area contributed by atoms with E-state index in [1.807, 2.05) is 0 Å². The number of hydrogen-bond acceptors (Lipinski definition) is 4. The van der Waals surface area contributed by atoms with Crippen molar-refractivity contribution in [2.24, 2.45) is 0 Å². The summed E-state index contributed by atoms with van der Waals surface area (Å²) in [6, 6.07) is 11.0. The molecule has 1 amide bonds. The van der Waals surface area contributed by atoms with E-state index >= 15 is 0 Å². The van der Waals surface area contributed by atoms with Crippen LogP contribution in [-0.2, 0) is 16.6 Å². The highest BCUT2D eigenvalue weighted by Crippen LogP contribution is 2.28. The zero-order chi connectivity index (χ0) is 23.4. The maximum absolute atomic E-state index is 13.1. The molecule has 0 unspecified atom stereocenters. The lowest BCUT2D eigenvalue weighted by Gasteiger charge is -2.32. The minimum absolute atomic E-state index is 0.00664. The van der Waals surface area contributed by atoms with Gasteiger partial charge in [-0.3, -0.25) is 9.69 Å². The molecule has 0 aliphatic carbocycles. The molecule has 0 atom stereocenters. The van der Waals surface area contributed by atoms with Crippen molar-refractivity contribution >= 4 is 27.5 Å². The molecule has 2 aliphatic rings. The molecule has 0 bridgehead atoms. The number of halogens is 2. The highest BCUT2D eigenvalue weighted by atomic mass is 35.5. The second kappa shape index (κ2) is 10.5. The molecule has 6 nitrogen and oxygen atoms in total. The number of amides is 1. The molecule has 9 heteroatoms. The van der Waals surface area contributed by atoms with Gasteiger partial charge in [0.1, 0.15) is 10.7 Å². The minimum Gasteiger partial charge on any atom is -0.349 e. The van der Waals surface area contributed by atoms with Crippen LogP contribution in [0.3, 0.4) is 0 Å². The third-order valence-electron chi connectivity index (χ3n) is 6.37. The molecule has 0 radical (unpaired) electrons. The molecule has 2 heterocycles. The molecule has 2 aromatic carbocycles. The van der Waals surface area contributed by atoms with Gasteiger partial charge in [-0.25, -0.2) is 12.8 Å². The Morgan fingerprint density at radius 2 is 1.67 bits per heavy atom. The van der Waals surface area contributed by atoms with Crippen LogP contribution in [0.25, 0.3) is 0 Å². The Bertz CT molecular complexity index is 1080. The van der Waals surface area contributed by atoms with Crippen LogP contribution in [0.5, 0.6) is 0 Å². The van der Waals surface area contributed by atoms with Gasteiger partial charge in [-0.1, -0.05) is 30.2 Å². The topological polar surface area (TPSA) is 69.7 Å². The number of carbonyl (C=O) groups is 1. The molecule has 2 aromatic rings. The third-order valence-corrected chi connectivity index (χ3v) is 8.75. The van der Waals surface area contributed by atoms with Crippen LogP contribution < -0.4 is 5.32 Å². The first-order valence-corrected chi connectivity index (χ1v) is 13.2. The van der Waals surface area contributed by atoms with E-state index < -0.39 is 10.0 Å². The lowest BCUT2D eigenvalue weighted by atomic mass is 10.0. The van der Waals surface area contributed by atoms with Gasteiger partial charge in [0.05, 0.1) is 5.02 Å². The van der Waals surface area contributed by atoms with Crippen LogP contribution in [-0.4, -0.2) is 55.8 Å². The second-order valence-corrected chi connectivity index (χ2v) is 11.1. The number of sulfonamides is 1. The summed E-state index contributed by atoms with van der Waals surface area (Å²) in [5.41, 5.74) is 1.35. The van der Waals surface area contributed by atoms with E-state index in [1.165, 1.54) is 28.6 Å². The molecule has 1 N–H and O–H groups in total. The van der Waals surface area contributed by atoms with Gasteiger partial charge in [0.2, 0.25) is 10.0 Å². The van der Waals surface area contributed by atoms with Crippen LogP contribution in [0.2, 0.25) is 5.02 Å². The Balaban J connectivity index is 1.36. The zero-order valence-electron chi connectivity index (χ0n) is 18.5. The van der Waals surface area contributed by atoms with Crippen molar-refractivity contribution in [2.75, 3.05) is 26.2 Å². The van der Waals surface area contributed by atoms with Gasteiger partial charge in [0, 0.05) is 44.3 Å². The summed E-state index contributed by atoms with van der Waals surface area (Å²) in [5.74, 6) is -0.534. The normalized spacial score (nSPS) is 18.8. The summed E-state index contributed by atoms with van der Waals surface area (Å²) in [4.78, 5) is 15.1. The zero-order valence-corrected chi connectivity index (χ0v) is 20.0. The second-order valence-electron chi connectivity index (χ2n) is 8.76. The average Bonchev–Trinajstić information content (AvgIpc) is 2.82. The highest BCUT2D eigenvalue weighted by molar-refractivity contribution is 7.89. The predicted molar refractivity (Wildman–Crippen MR) is 126 cm³/mol. The lowest BCUT2D eigenvalue weighted by molar-refractivity contribution is 0.0908. The van der Waals surface area contributed by atoms with E-state index in [9.17, 15) is 17.6 Å². The maximum Gasteiger partial charge on any atom is 0.251 e. The van der Waals surface area contributed by atoms with Crippen LogP contribution in [0, 0.1) is 5.82 Å². The fourth-order valence-electron chi connectivity index (χ4n) is 4.44. The van der Waals surface area contributed by atoms with Crippen molar-refractivity contribution < 1.29 is 17.6 Å². The Morgan fingerprint density at radius 3 is 2.33 bits per heavy atom. The van der Waals surface area contributed by atoms with Gasteiger partial charge in [-0.15, -0.1) is 0 Å². The first-order chi connectivity index (χ1) is 15.8. The molecule has 2 aliphatic heterocycles. The van der Waals surface area contributed by atoms with Crippen LogP contribution in [0.15, 0.2) is 47.4 Å². The van der Waals surface area contributed by atoms with Gasteiger partial charge in [0.25, 0.3) is 5.91 Å². The smallest absolute Gasteiger partial charge is 0.251 e.